The lowest BCUT2D eigenvalue weighted by Crippen LogP contribution is -2.34. The van der Waals surface area contributed by atoms with Crippen LogP contribution in [0.3, 0.4) is 0 Å². The van der Waals surface area contributed by atoms with Gasteiger partial charge in [0.1, 0.15) is 12.4 Å². The Kier molecular flexibility index (Phi) is 5.80. The topological polar surface area (TPSA) is 70.7 Å². The van der Waals surface area contributed by atoms with Crippen molar-refractivity contribution in [2.75, 3.05) is 12.3 Å². The highest BCUT2D eigenvalue weighted by atomic mass is 32.2. The van der Waals surface area contributed by atoms with Crippen LogP contribution in [0.5, 0.6) is 0 Å². The summed E-state index contributed by atoms with van der Waals surface area (Å²) in [7, 11) is 0. The maximum atomic E-state index is 11.9. The van der Waals surface area contributed by atoms with Crippen LogP contribution >= 0.6 is 11.8 Å². The van der Waals surface area contributed by atoms with Crippen molar-refractivity contribution in [2.24, 2.45) is 0 Å². The van der Waals surface area contributed by atoms with Gasteiger partial charge in [-0.05, 0) is 11.6 Å². The molecule has 0 aliphatic heterocycles. The van der Waals surface area contributed by atoms with Crippen LogP contribution in [0.15, 0.2) is 35.5 Å². The SMILES string of the molecule is O=C(CSc1n[nH]c(/C=C/c2ccccc2)n1)NCC(F)(F)F. The number of hydrogen-bond donors (Lipinski definition) is 2. The Morgan fingerprint density at radius 3 is 2.70 bits per heavy atom. The molecule has 1 aromatic carbocycles. The number of halogens is 3. The summed E-state index contributed by atoms with van der Waals surface area (Å²) in [5.74, 6) is -0.416. The molecule has 0 radical (unpaired) electrons. The van der Waals surface area contributed by atoms with E-state index in [-0.39, 0.29) is 5.75 Å². The van der Waals surface area contributed by atoms with E-state index in [1.807, 2.05) is 36.4 Å². The number of aromatic amines is 1. The zero-order valence-corrected chi connectivity index (χ0v) is 12.6. The van der Waals surface area contributed by atoms with Crippen molar-refractivity contribution in [3.8, 4) is 0 Å². The van der Waals surface area contributed by atoms with E-state index in [9.17, 15) is 18.0 Å². The predicted octanol–water partition coefficient (Wildman–Crippen LogP) is 2.75. The fourth-order valence-corrected chi connectivity index (χ4v) is 2.15. The van der Waals surface area contributed by atoms with Crippen LogP contribution in [0.25, 0.3) is 12.2 Å². The van der Waals surface area contributed by atoms with E-state index < -0.39 is 18.6 Å². The van der Waals surface area contributed by atoms with Crippen molar-refractivity contribution in [3.63, 3.8) is 0 Å². The molecule has 1 aromatic heterocycles. The molecule has 0 fully saturated rings. The van der Waals surface area contributed by atoms with Crippen LogP contribution in [-0.2, 0) is 4.79 Å². The molecule has 0 bridgehead atoms. The van der Waals surface area contributed by atoms with Gasteiger partial charge in [0.15, 0.2) is 0 Å². The zero-order chi connectivity index (χ0) is 16.7. The highest BCUT2D eigenvalue weighted by Gasteiger charge is 2.27. The van der Waals surface area contributed by atoms with Gasteiger partial charge in [0.05, 0.1) is 5.75 Å². The van der Waals surface area contributed by atoms with Crippen molar-refractivity contribution in [2.45, 2.75) is 11.3 Å². The normalized spacial score (nSPS) is 11.8. The summed E-state index contributed by atoms with van der Waals surface area (Å²) >= 11 is 0.955. The van der Waals surface area contributed by atoms with Crippen LogP contribution in [0.1, 0.15) is 11.4 Å². The van der Waals surface area contributed by atoms with Gasteiger partial charge >= 0.3 is 6.18 Å². The van der Waals surface area contributed by atoms with Gasteiger partial charge in [0.25, 0.3) is 0 Å². The number of aromatic nitrogens is 3. The first-order valence-electron chi connectivity index (χ1n) is 6.54. The minimum atomic E-state index is -4.42. The van der Waals surface area contributed by atoms with Gasteiger partial charge in [-0.15, -0.1) is 5.10 Å². The van der Waals surface area contributed by atoms with Gasteiger partial charge in [0, 0.05) is 0 Å². The Morgan fingerprint density at radius 2 is 2.00 bits per heavy atom. The quantitative estimate of drug-likeness (QED) is 0.792. The number of alkyl halides is 3. The molecule has 0 spiro atoms. The third-order valence-electron chi connectivity index (χ3n) is 2.53. The Bertz CT molecular complexity index is 670. The molecule has 2 aromatic rings. The van der Waals surface area contributed by atoms with E-state index in [0.717, 1.165) is 17.3 Å². The number of benzene rings is 1. The molecule has 1 heterocycles. The van der Waals surface area contributed by atoms with E-state index in [1.165, 1.54) is 0 Å². The minimum Gasteiger partial charge on any atom is -0.346 e. The van der Waals surface area contributed by atoms with Crippen molar-refractivity contribution in [1.29, 1.82) is 0 Å². The first kappa shape index (κ1) is 17.1. The lowest BCUT2D eigenvalue weighted by Gasteiger charge is -2.07. The summed E-state index contributed by atoms with van der Waals surface area (Å²) in [4.78, 5) is 15.4. The van der Waals surface area contributed by atoms with Crippen LogP contribution in [-0.4, -0.2) is 39.6 Å². The number of H-pyrrole nitrogens is 1. The molecule has 0 saturated heterocycles. The molecule has 2 rings (SSSR count). The second kappa shape index (κ2) is 7.82. The van der Waals surface area contributed by atoms with Gasteiger partial charge in [-0.2, -0.15) is 13.2 Å². The average molecular weight is 342 g/mol. The third-order valence-corrected chi connectivity index (χ3v) is 3.38. The Morgan fingerprint density at radius 1 is 1.26 bits per heavy atom. The number of hydrogen-bond acceptors (Lipinski definition) is 4. The molecule has 0 aliphatic carbocycles. The van der Waals surface area contributed by atoms with Crippen LogP contribution in [0, 0.1) is 0 Å². The average Bonchev–Trinajstić information content (AvgIpc) is 2.97. The number of nitrogens with zero attached hydrogens (tertiary/aromatic N) is 2. The maximum Gasteiger partial charge on any atom is 0.405 e. The van der Waals surface area contributed by atoms with Gasteiger partial charge in [-0.25, -0.2) is 4.98 Å². The van der Waals surface area contributed by atoms with E-state index in [4.69, 9.17) is 0 Å². The molecule has 23 heavy (non-hydrogen) atoms. The number of carbonyl (C=O) groups is 1. The maximum absolute atomic E-state index is 11.9. The lowest BCUT2D eigenvalue weighted by atomic mass is 10.2. The molecular weight excluding hydrogens is 329 g/mol. The third kappa shape index (κ3) is 6.55. The molecule has 0 atom stereocenters. The molecule has 122 valence electrons. The summed E-state index contributed by atoms with van der Waals surface area (Å²) in [6.07, 6.45) is -0.860. The van der Waals surface area contributed by atoms with E-state index in [2.05, 4.69) is 15.2 Å². The summed E-state index contributed by atoms with van der Waals surface area (Å²) in [5.41, 5.74) is 0.990. The molecule has 0 unspecified atom stereocenters. The molecule has 1 amide bonds. The van der Waals surface area contributed by atoms with Crippen LogP contribution < -0.4 is 5.32 Å². The molecule has 5 nitrogen and oxygen atoms in total. The first-order chi connectivity index (χ1) is 10.9. The van der Waals surface area contributed by atoms with Gasteiger partial charge < -0.3 is 5.32 Å². The van der Waals surface area contributed by atoms with Crippen molar-refractivity contribution in [3.05, 3.63) is 41.7 Å². The predicted molar refractivity (Wildman–Crippen MR) is 81.5 cm³/mol. The highest BCUT2D eigenvalue weighted by Crippen LogP contribution is 2.15. The molecular formula is C14H13F3N4OS. The van der Waals surface area contributed by atoms with E-state index in [0.29, 0.717) is 11.0 Å². The Labute approximate surface area is 134 Å². The fraction of sp³-hybridized carbons (Fsp3) is 0.214. The zero-order valence-electron chi connectivity index (χ0n) is 11.8. The fourth-order valence-electron chi connectivity index (χ4n) is 1.52. The van der Waals surface area contributed by atoms with Gasteiger partial charge in [-0.3, -0.25) is 9.89 Å². The summed E-state index contributed by atoms with van der Waals surface area (Å²) < 4.78 is 35.8. The Balaban J connectivity index is 1.81. The molecule has 9 heteroatoms. The second-order valence-electron chi connectivity index (χ2n) is 4.43. The minimum absolute atomic E-state index is 0.185. The van der Waals surface area contributed by atoms with Crippen molar-refractivity contribution in [1.82, 2.24) is 20.5 Å². The molecule has 2 N–H and O–H groups in total. The van der Waals surface area contributed by atoms with Crippen LogP contribution in [0.2, 0.25) is 0 Å². The van der Waals surface area contributed by atoms with Crippen molar-refractivity contribution < 1.29 is 18.0 Å². The number of carbonyl (C=O) groups excluding carboxylic acids is 1. The lowest BCUT2D eigenvalue weighted by molar-refractivity contribution is -0.136. The first-order valence-corrected chi connectivity index (χ1v) is 7.53. The Hall–Kier alpha value is -2.29. The van der Waals surface area contributed by atoms with E-state index >= 15 is 0 Å². The summed E-state index contributed by atoms with van der Waals surface area (Å²) in [6.45, 7) is -1.34. The number of amides is 1. The smallest absolute Gasteiger partial charge is 0.346 e. The number of rotatable bonds is 6. The summed E-state index contributed by atoms with van der Waals surface area (Å²) in [5, 5.41) is 8.63. The monoisotopic (exact) mass is 342 g/mol. The number of thioether (sulfide) groups is 1. The number of nitrogens with one attached hydrogen (secondary N) is 2. The summed E-state index contributed by atoms with van der Waals surface area (Å²) in [6, 6.07) is 9.56. The van der Waals surface area contributed by atoms with Crippen LogP contribution in [0.4, 0.5) is 13.2 Å². The second-order valence-corrected chi connectivity index (χ2v) is 5.37. The molecule has 0 saturated carbocycles. The van der Waals surface area contributed by atoms with E-state index in [1.54, 1.807) is 11.4 Å². The van der Waals surface area contributed by atoms with Gasteiger partial charge in [-0.1, -0.05) is 48.2 Å². The van der Waals surface area contributed by atoms with Crippen molar-refractivity contribution >= 4 is 29.8 Å². The largest absolute Gasteiger partial charge is 0.405 e. The molecule has 0 aliphatic rings. The highest BCUT2D eigenvalue weighted by molar-refractivity contribution is 7.99. The van der Waals surface area contributed by atoms with Gasteiger partial charge in [0.2, 0.25) is 11.1 Å². The standard InChI is InChI=1S/C14H13F3N4OS/c15-14(16,17)9-18-12(22)8-23-13-19-11(20-21-13)7-6-10-4-2-1-3-5-10/h1-7H,8-9H2,(H,18,22)(H,19,20,21)/b7-6+.